The van der Waals surface area contributed by atoms with Crippen LogP contribution in [0.1, 0.15) is 38.4 Å². The molecule has 0 heterocycles. The van der Waals surface area contributed by atoms with E-state index in [1.807, 2.05) is 24.3 Å². The van der Waals surface area contributed by atoms with Crippen molar-refractivity contribution in [2.75, 3.05) is 19.6 Å². The van der Waals surface area contributed by atoms with E-state index in [9.17, 15) is 5.11 Å². The molecule has 1 rings (SSSR count). The lowest BCUT2D eigenvalue weighted by Crippen LogP contribution is -2.30. The van der Waals surface area contributed by atoms with Crippen LogP contribution in [-0.2, 0) is 0 Å². The third-order valence-corrected chi connectivity index (χ3v) is 3.02. The van der Waals surface area contributed by atoms with Crippen molar-refractivity contribution in [3.05, 3.63) is 34.9 Å². The molecule has 0 saturated carbocycles. The predicted molar refractivity (Wildman–Crippen MR) is 73.4 cm³/mol. The molecular formula is C14H22ClNO. The van der Waals surface area contributed by atoms with E-state index in [0.717, 1.165) is 31.5 Å². The molecule has 0 saturated heterocycles. The molecule has 0 radical (unpaired) electrons. The van der Waals surface area contributed by atoms with Crippen molar-refractivity contribution >= 4 is 11.6 Å². The molecule has 1 atom stereocenters. The third-order valence-electron chi connectivity index (χ3n) is 2.77. The Labute approximate surface area is 109 Å². The highest BCUT2D eigenvalue weighted by Crippen LogP contribution is 2.17. The Kier molecular flexibility index (Phi) is 6.56. The Morgan fingerprint density at radius 3 is 2.12 bits per heavy atom. The summed E-state index contributed by atoms with van der Waals surface area (Å²) in [6.07, 6.45) is 1.81. The van der Waals surface area contributed by atoms with Crippen LogP contribution in [0.2, 0.25) is 5.02 Å². The molecule has 0 bridgehead atoms. The van der Waals surface area contributed by atoms with Crippen molar-refractivity contribution in [3.8, 4) is 0 Å². The van der Waals surface area contributed by atoms with Crippen LogP contribution < -0.4 is 0 Å². The lowest BCUT2D eigenvalue weighted by atomic mass is 10.1. The monoisotopic (exact) mass is 255 g/mol. The summed E-state index contributed by atoms with van der Waals surface area (Å²) in [5.74, 6) is 0. The van der Waals surface area contributed by atoms with Crippen molar-refractivity contribution in [1.82, 2.24) is 4.90 Å². The number of hydrogen-bond acceptors (Lipinski definition) is 2. The van der Waals surface area contributed by atoms with Gasteiger partial charge in [0.05, 0.1) is 6.10 Å². The fourth-order valence-corrected chi connectivity index (χ4v) is 2.09. The second-order valence-electron chi connectivity index (χ2n) is 4.37. The molecule has 0 spiro atoms. The highest BCUT2D eigenvalue weighted by molar-refractivity contribution is 6.30. The van der Waals surface area contributed by atoms with Crippen molar-refractivity contribution in [3.63, 3.8) is 0 Å². The summed E-state index contributed by atoms with van der Waals surface area (Å²) in [6, 6.07) is 7.43. The topological polar surface area (TPSA) is 23.5 Å². The Balaban J connectivity index is 2.56. The average molecular weight is 256 g/mol. The van der Waals surface area contributed by atoms with Gasteiger partial charge < -0.3 is 10.0 Å². The van der Waals surface area contributed by atoms with Gasteiger partial charge in [0, 0.05) is 11.6 Å². The van der Waals surface area contributed by atoms with Gasteiger partial charge in [0.2, 0.25) is 0 Å². The Bertz CT molecular complexity index is 307. The quantitative estimate of drug-likeness (QED) is 0.806. The van der Waals surface area contributed by atoms with E-state index in [1.165, 1.54) is 0 Å². The minimum Gasteiger partial charge on any atom is -0.387 e. The highest BCUT2D eigenvalue weighted by atomic mass is 35.5. The fraction of sp³-hybridized carbons (Fsp3) is 0.571. The van der Waals surface area contributed by atoms with E-state index >= 15 is 0 Å². The van der Waals surface area contributed by atoms with Crippen molar-refractivity contribution in [1.29, 1.82) is 0 Å². The molecule has 3 heteroatoms. The zero-order chi connectivity index (χ0) is 12.7. The van der Waals surface area contributed by atoms with Gasteiger partial charge in [-0.3, -0.25) is 0 Å². The van der Waals surface area contributed by atoms with Crippen LogP contribution in [0.4, 0.5) is 0 Å². The molecule has 0 aliphatic carbocycles. The van der Waals surface area contributed by atoms with Gasteiger partial charge >= 0.3 is 0 Å². The smallest absolute Gasteiger partial charge is 0.0916 e. The van der Waals surface area contributed by atoms with Gasteiger partial charge in [-0.2, -0.15) is 0 Å². The number of aliphatic hydroxyl groups is 1. The summed E-state index contributed by atoms with van der Waals surface area (Å²) in [5, 5.41) is 10.9. The second kappa shape index (κ2) is 7.70. The summed E-state index contributed by atoms with van der Waals surface area (Å²) in [4.78, 5) is 2.30. The van der Waals surface area contributed by atoms with E-state index in [1.54, 1.807) is 0 Å². The zero-order valence-electron chi connectivity index (χ0n) is 10.7. The number of hydrogen-bond donors (Lipinski definition) is 1. The van der Waals surface area contributed by atoms with Crippen LogP contribution in [0.25, 0.3) is 0 Å². The lowest BCUT2D eigenvalue weighted by Gasteiger charge is -2.24. The molecule has 2 nitrogen and oxygen atoms in total. The molecule has 96 valence electrons. The summed E-state index contributed by atoms with van der Waals surface area (Å²) in [6.45, 7) is 7.11. The molecule has 0 aliphatic rings. The van der Waals surface area contributed by atoms with E-state index in [4.69, 9.17) is 11.6 Å². The number of aliphatic hydroxyl groups excluding tert-OH is 1. The number of nitrogens with zero attached hydrogens (tertiary/aromatic N) is 1. The summed E-state index contributed by atoms with van der Waals surface area (Å²) >= 11 is 5.83. The maximum absolute atomic E-state index is 10.2. The van der Waals surface area contributed by atoms with Crippen LogP contribution in [0, 0.1) is 0 Å². The molecule has 0 aliphatic heterocycles. The van der Waals surface area contributed by atoms with Gasteiger partial charge in [-0.1, -0.05) is 37.6 Å². The lowest BCUT2D eigenvalue weighted by molar-refractivity contribution is 0.113. The summed E-state index contributed by atoms with van der Waals surface area (Å²) in [5.41, 5.74) is 0.937. The first-order valence-corrected chi connectivity index (χ1v) is 6.71. The third kappa shape index (κ3) is 5.07. The molecule has 17 heavy (non-hydrogen) atoms. The van der Waals surface area contributed by atoms with Crippen LogP contribution in [0.5, 0.6) is 0 Å². The van der Waals surface area contributed by atoms with Crippen LogP contribution in [0.15, 0.2) is 24.3 Å². The molecule has 1 aromatic carbocycles. The Morgan fingerprint density at radius 1 is 1.12 bits per heavy atom. The van der Waals surface area contributed by atoms with Gasteiger partial charge in [-0.15, -0.1) is 0 Å². The maximum Gasteiger partial charge on any atom is 0.0916 e. The Morgan fingerprint density at radius 2 is 1.65 bits per heavy atom. The maximum atomic E-state index is 10.2. The predicted octanol–water partition coefficient (Wildman–Crippen LogP) is 3.50. The van der Waals surface area contributed by atoms with Gasteiger partial charge in [-0.05, 0) is 43.6 Å². The minimum atomic E-state index is -0.426. The first-order valence-electron chi connectivity index (χ1n) is 6.33. The summed E-state index contributed by atoms with van der Waals surface area (Å²) < 4.78 is 0. The standard InChI is InChI=1S/C14H22ClNO/c1-3-9-16(10-4-2)11-14(17)12-5-7-13(15)8-6-12/h5-8,14,17H,3-4,9-11H2,1-2H3. The van der Waals surface area contributed by atoms with Gasteiger partial charge in [0.15, 0.2) is 0 Å². The average Bonchev–Trinajstić information content (AvgIpc) is 2.30. The van der Waals surface area contributed by atoms with Gasteiger partial charge in [0.1, 0.15) is 0 Å². The van der Waals surface area contributed by atoms with Crippen LogP contribution in [-0.4, -0.2) is 29.6 Å². The van der Waals surface area contributed by atoms with E-state index in [2.05, 4.69) is 18.7 Å². The van der Waals surface area contributed by atoms with Crippen molar-refractivity contribution in [2.45, 2.75) is 32.8 Å². The van der Waals surface area contributed by atoms with Crippen molar-refractivity contribution in [2.24, 2.45) is 0 Å². The molecule has 1 N–H and O–H groups in total. The molecular weight excluding hydrogens is 234 g/mol. The van der Waals surface area contributed by atoms with Crippen LogP contribution >= 0.6 is 11.6 Å². The summed E-state index contributed by atoms with van der Waals surface area (Å²) in [7, 11) is 0. The number of benzene rings is 1. The van der Waals surface area contributed by atoms with E-state index < -0.39 is 6.10 Å². The molecule has 1 unspecified atom stereocenters. The van der Waals surface area contributed by atoms with Gasteiger partial charge in [-0.25, -0.2) is 0 Å². The zero-order valence-corrected chi connectivity index (χ0v) is 11.5. The van der Waals surface area contributed by atoms with Gasteiger partial charge in [0.25, 0.3) is 0 Å². The minimum absolute atomic E-state index is 0.426. The Hall–Kier alpha value is -0.570. The van der Waals surface area contributed by atoms with Crippen LogP contribution in [0.3, 0.4) is 0 Å². The first kappa shape index (κ1) is 14.5. The van der Waals surface area contributed by atoms with E-state index in [0.29, 0.717) is 11.6 Å². The van der Waals surface area contributed by atoms with Crippen molar-refractivity contribution < 1.29 is 5.11 Å². The highest BCUT2D eigenvalue weighted by Gasteiger charge is 2.12. The number of rotatable bonds is 7. The number of halogens is 1. The van der Waals surface area contributed by atoms with E-state index in [-0.39, 0.29) is 0 Å². The largest absolute Gasteiger partial charge is 0.387 e. The first-order chi connectivity index (χ1) is 8.17. The SMILES string of the molecule is CCCN(CCC)CC(O)c1ccc(Cl)cc1. The molecule has 0 amide bonds. The molecule has 1 aromatic rings. The molecule has 0 aromatic heterocycles. The fourth-order valence-electron chi connectivity index (χ4n) is 1.96. The molecule has 0 fully saturated rings. The normalized spacial score (nSPS) is 13.0. The second-order valence-corrected chi connectivity index (χ2v) is 4.80.